The molecule has 1 fully saturated rings. The molecule has 0 bridgehead atoms. The van der Waals surface area contributed by atoms with Gasteiger partial charge in [0.1, 0.15) is 0 Å². The van der Waals surface area contributed by atoms with Gasteiger partial charge in [0.2, 0.25) is 5.91 Å². The zero-order valence-electron chi connectivity index (χ0n) is 13.9. The standard InChI is InChI=1S/C18H25NO3/c1-18(2,3)11-16(20)19(15-9-10-15)12-13-5-7-14(8-6-13)17(21)22-4/h5-8,15H,9-12H2,1-4H3. The fraction of sp³-hybridized carbons (Fsp3) is 0.556. The molecular weight excluding hydrogens is 278 g/mol. The van der Waals surface area contributed by atoms with E-state index in [1.165, 1.54) is 7.11 Å². The number of benzene rings is 1. The molecule has 0 saturated heterocycles. The summed E-state index contributed by atoms with van der Waals surface area (Å²) in [7, 11) is 1.37. The molecule has 1 amide bonds. The van der Waals surface area contributed by atoms with Crippen LogP contribution in [0.15, 0.2) is 24.3 Å². The van der Waals surface area contributed by atoms with Gasteiger partial charge in [0.15, 0.2) is 0 Å². The van der Waals surface area contributed by atoms with Crippen LogP contribution in [0.4, 0.5) is 0 Å². The van der Waals surface area contributed by atoms with E-state index in [9.17, 15) is 9.59 Å². The molecule has 0 unspecified atom stereocenters. The van der Waals surface area contributed by atoms with Crippen LogP contribution in [-0.2, 0) is 16.1 Å². The molecule has 1 aromatic rings. The van der Waals surface area contributed by atoms with E-state index in [0.717, 1.165) is 18.4 Å². The van der Waals surface area contributed by atoms with E-state index in [0.29, 0.717) is 24.6 Å². The van der Waals surface area contributed by atoms with Gasteiger partial charge in [-0.3, -0.25) is 4.79 Å². The maximum Gasteiger partial charge on any atom is 0.337 e. The summed E-state index contributed by atoms with van der Waals surface area (Å²) < 4.78 is 4.70. The Morgan fingerprint density at radius 2 is 1.77 bits per heavy atom. The van der Waals surface area contributed by atoms with E-state index >= 15 is 0 Å². The highest BCUT2D eigenvalue weighted by atomic mass is 16.5. The van der Waals surface area contributed by atoms with Crippen LogP contribution in [0.3, 0.4) is 0 Å². The highest BCUT2D eigenvalue weighted by Gasteiger charge is 2.33. The molecule has 0 radical (unpaired) electrons. The Morgan fingerprint density at radius 1 is 1.18 bits per heavy atom. The van der Waals surface area contributed by atoms with E-state index in [-0.39, 0.29) is 17.3 Å². The quantitative estimate of drug-likeness (QED) is 0.783. The predicted molar refractivity (Wildman–Crippen MR) is 85.4 cm³/mol. The number of amides is 1. The Bertz CT molecular complexity index is 538. The monoisotopic (exact) mass is 303 g/mol. The third-order valence-electron chi connectivity index (χ3n) is 3.72. The molecule has 0 aliphatic heterocycles. The number of rotatable bonds is 5. The third kappa shape index (κ3) is 4.58. The molecule has 2 rings (SSSR count). The molecule has 0 spiro atoms. The van der Waals surface area contributed by atoms with Crippen LogP contribution < -0.4 is 0 Å². The van der Waals surface area contributed by atoms with Crippen molar-refractivity contribution >= 4 is 11.9 Å². The SMILES string of the molecule is COC(=O)c1ccc(CN(C(=O)CC(C)(C)C)C2CC2)cc1. The summed E-state index contributed by atoms with van der Waals surface area (Å²) in [6.45, 7) is 6.87. The Balaban J connectivity index is 2.05. The number of hydrogen-bond donors (Lipinski definition) is 0. The van der Waals surface area contributed by atoms with E-state index in [2.05, 4.69) is 20.8 Å². The topological polar surface area (TPSA) is 46.6 Å². The summed E-state index contributed by atoms with van der Waals surface area (Å²) in [5.41, 5.74) is 1.57. The van der Waals surface area contributed by atoms with E-state index < -0.39 is 0 Å². The number of nitrogens with zero attached hydrogens (tertiary/aromatic N) is 1. The third-order valence-corrected chi connectivity index (χ3v) is 3.72. The largest absolute Gasteiger partial charge is 0.465 e. The van der Waals surface area contributed by atoms with Crippen LogP contribution in [0.1, 0.15) is 56.0 Å². The molecule has 0 N–H and O–H groups in total. The number of ether oxygens (including phenoxy) is 1. The maximum atomic E-state index is 12.5. The van der Waals surface area contributed by atoms with Crippen molar-refractivity contribution in [1.29, 1.82) is 0 Å². The average Bonchev–Trinajstić information content (AvgIpc) is 3.27. The molecule has 0 heterocycles. The van der Waals surface area contributed by atoms with Gasteiger partial charge in [-0.2, -0.15) is 0 Å². The van der Waals surface area contributed by atoms with Gasteiger partial charge in [0.05, 0.1) is 12.7 Å². The van der Waals surface area contributed by atoms with Gasteiger partial charge in [0.25, 0.3) is 0 Å². The number of carbonyl (C=O) groups is 2. The van der Waals surface area contributed by atoms with Crippen molar-refractivity contribution in [1.82, 2.24) is 4.90 Å². The Morgan fingerprint density at radius 3 is 2.23 bits per heavy atom. The second-order valence-electron chi connectivity index (χ2n) is 7.18. The van der Waals surface area contributed by atoms with Gasteiger partial charge >= 0.3 is 5.97 Å². The molecule has 4 nitrogen and oxygen atoms in total. The predicted octanol–water partition coefficient (Wildman–Crippen LogP) is 3.40. The van der Waals surface area contributed by atoms with Gasteiger partial charge in [0, 0.05) is 19.0 Å². The lowest BCUT2D eigenvalue weighted by molar-refractivity contribution is -0.134. The van der Waals surface area contributed by atoms with Gasteiger partial charge < -0.3 is 9.64 Å². The van der Waals surface area contributed by atoms with E-state index in [4.69, 9.17) is 4.74 Å². The van der Waals surface area contributed by atoms with Crippen molar-refractivity contribution in [2.45, 2.75) is 52.6 Å². The van der Waals surface area contributed by atoms with Gasteiger partial charge in [-0.25, -0.2) is 4.79 Å². The lowest BCUT2D eigenvalue weighted by Gasteiger charge is -2.27. The molecule has 1 aromatic carbocycles. The van der Waals surface area contributed by atoms with E-state index in [1.807, 2.05) is 17.0 Å². The first-order valence-electron chi connectivity index (χ1n) is 7.77. The van der Waals surface area contributed by atoms with Crippen molar-refractivity contribution < 1.29 is 14.3 Å². The second kappa shape index (κ2) is 6.51. The molecule has 1 aliphatic carbocycles. The van der Waals surface area contributed by atoms with E-state index in [1.54, 1.807) is 12.1 Å². The lowest BCUT2D eigenvalue weighted by Crippen LogP contribution is -2.34. The lowest BCUT2D eigenvalue weighted by atomic mass is 9.91. The summed E-state index contributed by atoms with van der Waals surface area (Å²) in [5.74, 6) is -0.124. The zero-order chi connectivity index (χ0) is 16.3. The molecule has 0 atom stereocenters. The molecule has 1 aliphatic rings. The summed E-state index contributed by atoms with van der Waals surface area (Å²) >= 11 is 0. The fourth-order valence-corrected chi connectivity index (χ4v) is 2.42. The molecular formula is C18H25NO3. The average molecular weight is 303 g/mol. The fourth-order valence-electron chi connectivity index (χ4n) is 2.42. The second-order valence-corrected chi connectivity index (χ2v) is 7.18. The van der Waals surface area contributed by atoms with Crippen LogP contribution in [-0.4, -0.2) is 29.9 Å². The van der Waals surface area contributed by atoms with Crippen LogP contribution in [0.5, 0.6) is 0 Å². The normalized spacial score (nSPS) is 14.5. The minimum atomic E-state index is -0.339. The van der Waals surface area contributed by atoms with Crippen LogP contribution in [0.2, 0.25) is 0 Å². The van der Waals surface area contributed by atoms with Crippen molar-refractivity contribution in [2.24, 2.45) is 5.41 Å². The maximum absolute atomic E-state index is 12.5. The molecule has 4 heteroatoms. The summed E-state index contributed by atoms with van der Waals surface area (Å²) in [4.78, 5) is 25.9. The molecule has 1 saturated carbocycles. The molecule has 22 heavy (non-hydrogen) atoms. The summed E-state index contributed by atoms with van der Waals surface area (Å²) in [6.07, 6.45) is 2.75. The van der Waals surface area contributed by atoms with Crippen molar-refractivity contribution in [3.05, 3.63) is 35.4 Å². The minimum absolute atomic E-state index is 0.00103. The van der Waals surface area contributed by atoms with Crippen LogP contribution in [0.25, 0.3) is 0 Å². The highest BCUT2D eigenvalue weighted by molar-refractivity contribution is 5.89. The summed E-state index contributed by atoms with van der Waals surface area (Å²) in [6, 6.07) is 7.68. The Hall–Kier alpha value is -1.84. The van der Waals surface area contributed by atoms with Gasteiger partial charge in [-0.15, -0.1) is 0 Å². The Labute approximate surface area is 132 Å². The number of carbonyl (C=O) groups excluding carboxylic acids is 2. The Kier molecular flexibility index (Phi) is 4.89. The van der Waals surface area contributed by atoms with Crippen molar-refractivity contribution in [3.8, 4) is 0 Å². The smallest absolute Gasteiger partial charge is 0.337 e. The molecule has 0 aromatic heterocycles. The first kappa shape index (κ1) is 16.5. The van der Waals surface area contributed by atoms with Gasteiger partial charge in [-0.1, -0.05) is 32.9 Å². The number of methoxy groups -OCH3 is 1. The number of hydrogen-bond acceptors (Lipinski definition) is 3. The first-order chi connectivity index (χ1) is 10.3. The summed E-state index contributed by atoms with van der Waals surface area (Å²) in [5, 5.41) is 0. The van der Waals surface area contributed by atoms with Gasteiger partial charge in [-0.05, 0) is 36.0 Å². The molecule has 120 valence electrons. The van der Waals surface area contributed by atoms with Crippen molar-refractivity contribution in [2.75, 3.05) is 7.11 Å². The first-order valence-corrected chi connectivity index (χ1v) is 7.77. The highest BCUT2D eigenvalue weighted by Crippen LogP contribution is 2.31. The van der Waals surface area contributed by atoms with Crippen LogP contribution in [0, 0.1) is 5.41 Å². The van der Waals surface area contributed by atoms with Crippen molar-refractivity contribution in [3.63, 3.8) is 0 Å². The number of esters is 1. The minimum Gasteiger partial charge on any atom is -0.465 e. The van der Waals surface area contributed by atoms with Crippen LogP contribution >= 0.6 is 0 Å². The zero-order valence-corrected chi connectivity index (χ0v) is 13.9.